The largest absolute Gasteiger partial charge is 0.468 e. The van der Waals surface area contributed by atoms with Crippen molar-refractivity contribution in [3.63, 3.8) is 0 Å². The van der Waals surface area contributed by atoms with Gasteiger partial charge in [0.05, 0.1) is 23.6 Å². The molecule has 7 nitrogen and oxygen atoms in total. The van der Waals surface area contributed by atoms with Crippen LogP contribution < -0.4 is 5.32 Å². The number of carbonyl (C=O) groups is 1. The molecule has 1 N–H and O–H groups in total. The summed E-state index contributed by atoms with van der Waals surface area (Å²) in [5.74, 6) is 4.04. The first-order chi connectivity index (χ1) is 16.1. The Kier molecular flexibility index (Phi) is 8.72. The van der Waals surface area contributed by atoms with Crippen molar-refractivity contribution in [1.82, 2.24) is 20.4 Å². The molecule has 0 spiro atoms. The summed E-state index contributed by atoms with van der Waals surface area (Å²) in [6, 6.07) is 9.06. The zero-order chi connectivity index (χ0) is 23.0. The minimum Gasteiger partial charge on any atom is -0.468 e. The lowest BCUT2D eigenvalue weighted by molar-refractivity contribution is -0.126. The Hall–Kier alpha value is -2.00. The van der Waals surface area contributed by atoms with Crippen LogP contribution in [0.1, 0.15) is 30.9 Å². The molecule has 0 bridgehead atoms. The highest BCUT2D eigenvalue weighted by Crippen LogP contribution is 2.28. The fourth-order valence-electron chi connectivity index (χ4n) is 3.74. The Morgan fingerprint density at radius 3 is 2.85 bits per heavy atom. The Morgan fingerprint density at radius 1 is 1.24 bits per heavy atom. The molecule has 4 rings (SSSR count). The molecule has 1 aliphatic rings. The van der Waals surface area contributed by atoms with E-state index in [-0.39, 0.29) is 11.8 Å². The van der Waals surface area contributed by atoms with E-state index >= 15 is 0 Å². The molecule has 2 aromatic heterocycles. The zero-order valence-electron chi connectivity index (χ0n) is 18.1. The molecule has 0 aliphatic carbocycles. The van der Waals surface area contributed by atoms with Gasteiger partial charge in [-0.3, -0.25) is 9.69 Å². The first kappa shape index (κ1) is 24.1. The van der Waals surface area contributed by atoms with Crippen LogP contribution in [0.25, 0.3) is 11.4 Å². The molecular weight excluding hydrogens is 483 g/mol. The topological polar surface area (TPSA) is 84.4 Å². The third-order valence-electron chi connectivity index (χ3n) is 5.55. The normalized spacial score (nSPS) is 15.1. The van der Waals surface area contributed by atoms with Crippen LogP contribution in [-0.4, -0.2) is 46.3 Å². The van der Waals surface area contributed by atoms with E-state index < -0.39 is 0 Å². The van der Waals surface area contributed by atoms with Crippen molar-refractivity contribution >= 4 is 40.9 Å². The van der Waals surface area contributed by atoms with Crippen LogP contribution in [0.15, 0.2) is 45.5 Å². The predicted octanol–water partition coefficient (Wildman–Crippen LogP) is 5.29. The summed E-state index contributed by atoms with van der Waals surface area (Å²) in [5, 5.41) is 8.17. The van der Waals surface area contributed by atoms with E-state index in [0.717, 1.165) is 49.6 Å². The average Bonchev–Trinajstić information content (AvgIpc) is 3.49. The first-order valence-corrected chi connectivity index (χ1v) is 12.9. The molecule has 1 aliphatic heterocycles. The Labute approximate surface area is 207 Å². The van der Waals surface area contributed by atoms with Crippen LogP contribution >= 0.6 is 35.0 Å². The van der Waals surface area contributed by atoms with Crippen molar-refractivity contribution in [2.75, 3.05) is 25.4 Å². The van der Waals surface area contributed by atoms with E-state index in [0.29, 0.717) is 40.4 Å². The lowest BCUT2D eigenvalue weighted by Crippen LogP contribution is -2.40. The number of nitrogens with one attached hydrogen (secondary N) is 1. The number of nitrogens with zero attached hydrogens (tertiary/aromatic N) is 3. The van der Waals surface area contributed by atoms with Gasteiger partial charge in [0, 0.05) is 23.0 Å². The SMILES string of the molecule is O=C(NCCCSCc1ccco1)C1CCN(Cc2nc(-c3ccc(Cl)cc3Cl)no2)CC1. The Balaban J connectivity index is 1.14. The van der Waals surface area contributed by atoms with Crippen molar-refractivity contribution in [1.29, 1.82) is 0 Å². The number of benzene rings is 1. The summed E-state index contributed by atoms with van der Waals surface area (Å²) in [5.41, 5.74) is 0.686. The molecule has 1 fully saturated rings. The monoisotopic (exact) mass is 508 g/mol. The van der Waals surface area contributed by atoms with Gasteiger partial charge in [-0.1, -0.05) is 28.4 Å². The van der Waals surface area contributed by atoms with Crippen LogP contribution in [-0.2, 0) is 17.1 Å². The quantitative estimate of drug-likeness (QED) is 0.372. The molecule has 33 heavy (non-hydrogen) atoms. The van der Waals surface area contributed by atoms with Gasteiger partial charge in [0.15, 0.2) is 0 Å². The van der Waals surface area contributed by atoms with Gasteiger partial charge in [0.1, 0.15) is 5.76 Å². The molecule has 0 radical (unpaired) electrons. The third kappa shape index (κ3) is 6.99. The number of aromatic nitrogens is 2. The fourth-order valence-corrected chi connectivity index (χ4v) is 5.09. The number of amides is 1. The van der Waals surface area contributed by atoms with Gasteiger partial charge in [0.25, 0.3) is 0 Å². The van der Waals surface area contributed by atoms with Crippen molar-refractivity contribution in [3.8, 4) is 11.4 Å². The highest BCUT2D eigenvalue weighted by atomic mass is 35.5. The third-order valence-corrected chi connectivity index (χ3v) is 7.16. The maximum Gasteiger partial charge on any atom is 0.241 e. The number of likely N-dealkylation sites (tertiary alicyclic amines) is 1. The number of hydrogen-bond donors (Lipinski definition) is 1. The maximum atomic E-state index is 12.5. The smallest absolute Gasteiger partial charge is 0.241 e. The number of hydrogen-bond acceptors (Lipinski definition) is 7. The Bertz CT molecular complexity index is 1040. The van der Waals surface area contributed by atoms with Gasteiger partial charge >= 0.3 is 0 Å². The first-order valence-electron chi connectivity index (χ1n) is 11.0. The van der Waals surface area contributed by atoms with E-state index in [1.165, 1.54) is 0 Å². The molecule has 3 aromatic rings. The van der Waals surface area contributed by atoms with Crippen LogP contribution in [0.4, 0.5) is 0 Å². The van der Waals surface area contributed by atoms with E-state index in [1.54, 1.807) is 24.5 Å². The zero-order valence-corrected chi connectivity index (χ0v) is 20.5. The highest BCUT2D eigenvalue weighted by Gasteiger charge is 2.26. The van der Waals surface area contributed by atoms with Crippen LogP contribution in [0, 0.1) is 5.92 Å². The van der Waals surface area contributed by atoms with Gasteiger partial charge < -0.3 is 14.3 Å². The number of carbonyl (C=O) groups excluding carboxylic acids is 1. The molecule has 1 aromatic carbocycles. The van der Waals surface area contributed by atoms with Gasteiger partial charge in [-0.15, -0.1) is 0 Å². The van der Waals surface area contributed by atoms with Crippen LogP contribution in [0.3, 0.4) is 0 Å². The summed E-state index contributed by atoms with van der Waals surface area (Å²) in [6.45, 7) is 2.90. The summed E-state index contributed by atoms with van der Waals surface area (Å²) in [7, 11) is 0. The molecule has 1 saturated heterocycles. The van der Waals surface area contributed by atoms with Crippen molar-refractivity contribution in [2.24, 2.45) is 5.92 Å². The molecule has 0 saturated carbocycles. The molecular formula is C23H26Cl2N4O3S. The summed E-state index contributed by atoms with van der Waals surface area (Å²) >= 11 is 14.0. The van der Waals surface area contributed by atoms with Crippen LogP contribution in [0.2, 0.25) is 10.0 Å². The van der Waals surface area contributed by atoms with Crippen molar-refractivity contribution in [2.45, 2.75) is 31.6 Å². The molecule has 0 unspecified atom stereocenters. The van der Waals surface area contributed by atoms with E-state index in [1.807, 2.05) is 23.9 Å². The molecule has 0 atom stereocenters. The van der Waals surface area contributed by atoms with Gasteiger partial charge in [0.2, 0.25) is 17.6 Å². The number of furan rings is 1. The standard InChI is InChI=1S/C23H26Cl2N4O3S/c24-17-4-5-19(20(25)13-17)22-27-21(32-28-22)14-29-9-6-16(7-10-29)23(30)26-8-2-12-33-15-18-3-1-11-31-18/h1,3-5,11,13,16H,2,6-10,12,14-15H2,(H,26,30). The van der Waals surface area contributed by atoms with Gasteiger partial charge in [-0.2, -0.15) is 16.7 Å². The summed E-state index contributed by atoms with van der Waals surface area (Å²) in [4.78, 5) is 19.2. The van der Waals surface area contributed by atoms with E-state index in [2.05, 4.69) is 20.4 Å². The molecule has 1 amide bonds. The summed E-state index contributed by atoms with van der Waals surface area (Å²) in [6.07, 6.45) is 4.29. The molecule has 3 heterocycles. The predicted molar refractivity (Wildman–Crippen MR) is 130 cm³/mol. The second-order valence-corrected chi connectivity index (χ2v) is 9.91. The minimum absolute atomic E-state index is 0.0585. The van der Waals surface area contributed by atoms with Crippen LogP contribution in [0.5, 0.6) is 0 Å². The number of rotatable bonds is 10. The van der Waals surface area contributed by atoms with Crippen molar-refractivity contribution in [3.05, 3.63) is 58.3 Å². The van der Waals surface area contributed by atoms with Gasteiger partial charge in [-0.05, 0) is 68.4 Å². The maximum absolute atomic E-state index is 12.5. The Morgan fingerprint density at radius 2 is 2.09 bits per heavy atom. The minimum atomic E-state index is 0.0585. The lowest BCUT2D eigenvalue weighted by Gasteiger charge is -2.30. The molecule has 176 valence electrons. The second kappa shape index (κ2) is 11.9. The number of halogens is 2. The second-order valence-electron chi connectivity index (χ2n) is 7.96. The number of thioether (sulfide) groups is 1. The fraction of sp³-hybridized carbons (Fsp3) is 0.435. The number of piperidine rings is 1. The van der Waals surface area contributed by atoms with Crippen molar-refractivity contribution < 1.29 is 13.7 Å². The lowest BCUT2D eigenvalue weighted by atomic mass is 9.96. The highest BCUT2D eigenvalue weighted by molar-refractivity contribution is 7.98. The van der Waals surface area contributed by atoms with E-state index in [9.17, 15) is 4.79 Å². The van der Waals surface area contributed by atoms with E-state index in [4.69, 9.17) is 32.1 Å². The molecule has 10 heteroatoms. The average molecular weight is 509 g/mol. The summed E-state index contributed by atoms with van der Waals surface area (Å²) < 4.78 is 10.7. The van der Waals surface area contributed by atoms with Gasteiger partial charge in [-0.25, -0.2) is 0 Å².